The summed E-state index contributed by atoms with van der Waals surface area (Å²) < 4.78 is 0. The van der Waals surface area contributed by atoms with Crippen molar-refractivity contribution in [3.8, 4) is 0 Å². The van der Waals surface area contributed by atoms with Crippen molar-refractivity contribution in [1.29, 1.82) is 0 Å². The van der Waals surface area contributed by atoms with Crippen LogP contribution in [0.2, 0.25) is 0 Å². The molecular formula is C20H32N4O6. The van der Waals surface area contributed by atoms with Crippen molar-refractivity contribution in [2.45, 2.75) is 52.9 Å². The van der Waals surface area contributed by atoms with Crippen LogP contribution in [0.5, 0.6) is 0 Å². The highest BCUT2D eigenvalue weighted by Crippen LogP contribution is 2.26. The van der Waals surface area contributed by atoms with E-state index in [0.717, 1.165) is 0 Å². The van der Waals surface area contributed by atoms with Crippen LogP contribution >= 0.6 is 0 Å². The Kier molecular flexibility index (Phi) is 10.7. The van der Waals surface area contributed by atoms with Crippen molar-refractivity contribution in [2.24, 2.45) is 11.8 Å². The molecule has 0 aromatic rings. The molecule has 1 heterocycles. The smallest absolute Gasteiger partial charge is 0.239 e. The average molecular weight is 424 g/mol. The lowest BCUT2D eigenvalue weighted by Gasteiger charge is -2.16. The van der Waals surface area contributed by atoms with Crippen LogP contribution in [0, 0.1) is 11.8 Å². The van der Waals surface area contributed by atoms with Crippen molar-refractivity contribution in [3.05, 3.63) is 0 Å². The van der Waals surface area contributed by atoms with E-state index in [1.807, 2.05) is 13.8 Å². The van der Waals surface area contributed by atoms with E-state index >= 15 is 0 Å². The topological polar surface area (TPSA) is 142 Å². The Labute approximate surface area is 176 Å². The van der Waals surface area contributed by atoms with Gasteiger partial charge in [-0.25, -0.2) is 0 Å². The Hall–Kier alpha value is -2.78. The molecule has 1 unspecified atom stereocenters. The van der Waals surface area contributed by atoms with Gasteiger partial charge in [-0.15, -0.1) is 0 Å². The largest absolute Gasteiger partial charge is 0.354 e. The van der Waals surface area contributed by atoms with Crippen LogP contribution in [-0.2, 0) is 28.8 Å². The molecule has 0 aliphatic carbocycles. The number of hydrogen-bond donors (Lipinski definition) is 3. The molecule has 0 aromatic heterocycles. The molecule has 30 heavy (non-hydrogen) atoms. The van der Waals surface area contributed by atoms with Gasteiger partial charge in [0.2, 0.25) is 29.5 Å². The quantitative estimate of drug-likeness (QED) is 0.341. The molecule has 1 rings (SSSR count). The fraction of sp³-hybridized carbons (Fsp3) is 0.700. The van der Waals surface area contributed by atoms with Crippen molar-refractivity contribution >= 4 is 35.3 Å². The molecule has 0 aromatic carbocycles. The van der Waals surface area contributed by atoms with Crippen LogP contribution in [0.3, 0.4) is 0 Å². The number of likely N-dealkylation sites (tertiary alicyclic amines) is 1. The number of rotatable bonds is 13. The summed E-state index contributed by atoms with van der Waals surface area (Å²) in [5, 5.41) is 7.32. The Balaban J connectivity index is 2.17. The van der Waals surface area contributed by atoms with Gasteiger partial charge in [0.15, 0.2) is 0 Å². The predicted molar refractivity (Wildman–Crippen MR) is 108 cm³/mol. The van der Waals surface area contributed by atoms with E-state index in [9.17, 15) is 28.8 Å². The average Bonchev–Trinajstić information content (AvgIpc) is 2.99. The zero-order valence-electron chi connectivity index (χ0n) is 17.9. The van der Waals surface area contributed by atoms with Gasteiger partial charge in [-0.3, -0.25) is 33.7 Å². The minimum atomic E-state index is -0.521. The summed E-state index contributed by atoms with van der Waals surface area (Å²) in [6, 6.07) is 0. The minimum Gasteiger partial charge on any atom is -0.354 e. The third-order valence-electron chi connectivity index (χ3n) is 4.88. The first-order chi connectivity index (χ1) is 14.1. The number of nitrogens with one attached hydrogen (secondary N) is 3. The first-order valence-electron chi connectivity index (χ1n) is 10.3. The van der Waals surface area contributed by atoms with Gasteiger partial charge in [-0.1, -0.05) is 20.8 Å². The number of ketones is 1. The number of Topliss-reactive ketones (excluding diaryl/α,β-unsaturated/α-hetero) is 1. The summed E-state index contributed by atoms with van der Waals surface area (Å²) in [6.45, 7) is 5.41. The lowest BCUT2D eigenvalue weighted by Crippen LogP contribution is -2.42. The van der Waals surface area contributed by atoms with Gasteiger partial charge in [0, 0.05) is 44.7 Å². The lowest BCUT2D eigenvalue weighted by atomic mass is 9.94. The summed E-state index contributed by atoms with van der Waals surface area (Å²) in [7, 11) is 0. The zero-order chi connectivity index (χ0) is 22.7. The Morgan fingerprint density at radius 3 is 2.13 bits per heavy atom. The van der Waals surface area contributed by atoms with E-state index in [1.165, 1.54) is 4.90 Å². The van der Waals surface area contributed by atoms with E-state index in [-0.39, 0.29) is 80.8 Å². The second-order valence-corrected chi connectivity index (χ2v) is 7.59. The van der Waals surface area contributed by atoms with Crippen LogP contribution in [0.15, 0.2) is 0 Å². The third kappa shape index (κ3) is 8.71. The van der Waals surface area contributed by atoms with Crippen LogP contribution in [0.25, 0.3) is 0 Å². The molecule has 5 amide bonds. The molecule has 0 bridgehead atoms. The predicted octanol–water partition coefficient (Wildman–Crippen LogP) is -0.484. The molecule has 10 nitrogen and oxygen atoms in total. The monoisotopic (exact) mass is 424 g/mol. The summed E-state index contributed by atoms with van der Waals surface area (Å²) in [5.41, 5.74) is 0. The fourth-order valence-electron chi connectivity index (χ4n) is 2.95. The maximum Gasteiger partial charge on any atom is 0.239 e. The maximum atomic E-state index is 12.2. The molecule has 0 spiro atoms. The number of amides is 5. The highest BCUT2D eigenvalue weighted by Gasteiger charge is 2.39. The molecule has 168 valence electrons. The summed E-state index contributed by atoms with van der Waals surface area (Å²) >= 11 is 0. The normalized spacial score (nSPS) is 16.0. The number of carbonyl (C=O) groups excluding carboxylic acids is 6. The molecule has 1 fully saturated rings. The molecule has 1 atom stereocenters. The molecule has 3 N–H and O–H groups in total. The SMILES string of the molecule is CCC(=O)CCNC(=O)CNC(=O)CNC(=O)CCCN1C(=O)CC(C(C)C)C1=O. The van der Waals surface area contributed by atoms with Gasteiger partial charge < -0.3 is 16.0 Å². The van der Waals surface area contributed by atoms with Crippen molar-refractivity contribution in [2.75, 3.05) is 26.2 Å². The molecule has 1 aliphatic rings. The number of carbonyl (C=O) groups is 6. The summed E-state index contributed by atoms with van der Waals surface area (Å²) in [6.07, 6.45) is 1.26. The van der Waals surface area contributed by atoms with Crippen LogP contribution < -0.4 is 16.0 Å². The second-order valence-electron chi connectivity index (χ2n) is 7.59. The van der Waals surface area contributed by atoms with E-state index < -0.39 is 11.8 Å². The van der Waals surface area contributed by atoms with Gasteiger partial charge in [-0.2, -0.15) is 0 Å². The number of imide groups is 1. The first kappa shape index (κ1) is 25.3. The maximum absolute atomic E-state index is 12.2. The molecule has 1 saturated heterocycles. The fourth-order valence-corrected chi connectivity index (χ4v) is 2.95. The Morgan fingerprint density at radius 2 is 1.57 bits per heavy atom. The van der Waals surface area contributed by atoms with Gasteiger partial charge in [-0.05, 0) is 12.3 Å². The molecule has 0 saturated carbocycles. The highest BCUT2D eigenvalue weighted by molar-refractivity contribution is 6.03. The molecular weight excluding hydrogens is 392 g/mol. The Morgan fingerprint density at radius 1 is 0.967 bits per heavy atom. The van der Waals surface area contributed by atoms with E-state index in [0.29, 0.717) is 12.8 Å². The van der Waals surface area contributed by atoms with Crippen molar-refractivity contribution in [1.82, 2.24) is 20.9 Å². The molecule has 1 aliphatic heterocycles. The minimum absolute atomic E-state index is 0.0419. The zero-order valence-corrected chi connectivity index (χ0v) is 17.9. The Bertz CT molecular complexity index is 676. The van der Waals surface area contributed by atoms with Crippen LogP contribution in [0.4, 0.5) is 0 Å². The van der Waals surface area contributed by atoms with Gasteiger partial charge >= 0.3 is 0 Å². The van der Waals surface area contributed by atoms with Gasteiger partial charge in [0.25, 0.3) is 0 Å². The summed E-state index contributed by atoms with van der Waals surface area (Å²) in [4.78, 5) is 71.6. The third-order valence-corrected chi connectivity index (χ3v) is 4.88. The van der Waals surface area contributed by atoms with Gasteiger partial charge in [0.05, 0.1) is 13.1 Å². The van der Waals surface area contributed by atoms with Crippen molar-refractivity contribution < 1.29 is 28.8 Å². The standard InChI is InChI=1S/C20H32N4O6/c1-4-14(25)7-8-21-17(27)11-23-18(28)12-22-16(26)6-5-9-24-19(29)10-15(13(2)3)20(24)30/h13,15H,4-12H2,1-3H3,(H,21,27)(H,22,26)(H,23,28). The molecule has 0 radical (unpaired) electrons. The van der Waals surface area contributed by atoms with Crippen molar-refractivity contribution in [3.63, 3.8) is 0 Å². The van der Waals surface area contributed by atoms with Gasteiger partial charge in [0.1, 0.15) is 5.78 Å². The second kappa shape index (κ2) is 12.7. The highest BCUT2D eigenvalue weighted by atomic mass is 16.2. The molecule has 10 heteroatoms. The van der Waals surface area contributed by atoms with E-state index in [2.05, 4.69) is 16.0 Å². The van der Waals surface area contributed by atoms with E-state index in [1.54, 1.807) is 6.92 Å². The summed E-state index contributed by atoms with van der Waals surface area (Å²) in [5.74, 6) is -1.88. The number of nitrogens with zero attached hydrogens (tertiary/aromatic N) is 1. The van der Waals surface area contributed by atoms with Crippen LogP contribution in [0.1, 0.15) is 52.9 Å². The number of hydrogen-bond acceptors (Lipinski definition) is 6. The van der Waals surface area contributed by atoms with Crippen LogP contribution in [-0.4, -0.2) is 66.4 Å². The first-order valence-corrected chi connectivity index (χ1v) is 10.3. The van der Waals surface area contributed by atoms with E-state index in [4.69, 9.17) is 0 Å². The lowest BCUT2D eigenvalue weighted by molar-refractivity contribution is -0.140.